The number of nitrogens with zero attached hydrogens (tertiary/aromatic N) is 2. The number of para-hydroxylation sites is 1. The molecule has 21 heavy (non-hydrogen) atoms. The Morgan fingerprint density at radius 1 is 1.19 bits per heavy atom. The second-order valence-corrected chi connectivity index (χ2v) is 5.50. The normalized spacial score (nSPS) is 14.8. The van der Waals surface area contributed by atoms with Gasteiger partial charge in [0.2, 0.25) is 5.91 Å². The summed E-state index contributed by atoms with van der Waals surface area (Å²) >= 11 is 0. The number of benzene rings is 1. The highest BCUT2D eigenvalue weighted by molar-refractivity contribution is 5.81. The molecule has 1 aliphatic rings. The highest BCUT2D eigenvalue weighted by Gasteiger charge is 2.16. The van der Waals surface area contributed by atoms with Gasteiger partial charge in [-0.25, -0.2) is 0 Å². The number of carbonyl (C=O) groups excluding carboxylic acids is 1. The van der Waals surface area contributed by atoms with Crippen LogP contribution >= 0.6 is 0 Å². The third-order valence-electron chi connectivity index (χ3n) is 4.03. The Hall–Kier alpha value is -1.94. The smallest absolute Gasteiger partial charge is 0.223 e. The van der Waals surface area contributed by atoms with Gasteiger partial charge in [-0.05, 0) is 30.5 Å². The van der Waals surface area contributed by atoms with Gasteiger partial charge in [0.15, 0.2) is 0 Å². The van der Waals surface area contributed by atoms with Crippen molar-refractivity contribution in [1.82, 2.24) is 15.2 Å². The third kappa shape index (κ3) is 3.39. The Kier molecular flexibility index (Phi) is 4.46. The van der Waals surface area contributed by atoms with Crippen molar-refractivity contribution in [3.63, 3.8) is 0 Å². The van der Waals surface area contributed by atoms with E-state index in [2.05, 4.69) is 16.4 Å². The van der Waals surface area contributed by atoms with Crippen LogP contribution in [0, 0.1) is 0 Å². The SMILES string of the molecule is O=C(CCNCc1ccnc2ccccc12)N1CCCC1. The van der Waals surface area contributed by atoms with Crippen LogP contribution in [0.5, 0.6) is 0 Å². The minimum atomic E-state index is 0.277. The van der Waals surface area contributed by atoms with Crippen LogP contribution in [0.4, 0.5) is 0 Å². The van der Waals surface area contributed by atoms with Gasteiger partial charge in [0.05, 0.1) is 5.52 Å². The highest BCUT2D eigenvalue weighted by Crippen LogP contribution is 2.15. The van der Waals surface area contributed by atoms with E-state index in [1.165, 1.54) is 10.9 Å². The van der Waals surface area contributed by atoms with Crippen molar-refractivity contribution in [3.05, 3.63) is 42.1 Å². The molecule has 1 aliphatic heterocycles. The van der Waals surface area contributed by atoms with Crippen LogP contribution in [0.2, 0.25) is 0 Å². The molecule has 1 amide bonds. The molecule has 1 fully saturated rings. The van der Waals surface area contributed by atoms with Crippen LogP contribution in [0.1, 0.15) is 24.8 Å². The molecule has 0 bridgehead atoms. The minimum absolute atomic E-state index is 0.277. The van der Waals surface area contributed by atoms with Crippen molar-refractivity contribution < 1.29 is 4.79 Å². The quantitative estimate of drug-likeness (QED) is 0.857. The van der Waals surface area contributed by atoms with Crippen molar-refractivity contribution in [2.45, 2.75) is 25.8 Å². The Morgan fingerprint density at radius 2 is 2.00 bits per heavy atom. The number of nitrogens with one attached hydrogen (secondary N) is 1. The molecule has 0 saturated carbocycles. The molecular weight excluding hydrogens is 262 g/mol. The van der Waals surface area contributed by atoms with Gasteiger partial charge in [-0.2, -0.15) is 0 Å². The first kappa shape index (κ1) is 14.0. The molecule has 2 heterocycles. The fraction of sp³-hybridized carbons (Fsp3) is 0.412. The van der Waals surface area contributed by atoms with Gasteiger partial charge in [0.1, 0.15) is 0 Å². The zero-order valence-corrected chi connectivity index (χ0v) is 12.2. The van der Waals surface area contributed by atoms with Gasteiger partial charge < -0.3 is 10.2 Å². The van der Waals surface area contributed by atoms with Crippen LogP contribution in [-0.2, 0) is 11.3 Å². The summed E-state index contributed by atoms with van der Waals surface area (Å²) in [4.78, 5) is 18.3. The molecule has 1 aromatic carbocycles. The predicted molar refractivity (Wildman–Crippen MR) is 83.9 cm³/mol. The average Bonchev–Trinajstić information content (AvgIpc) is 3.06. The zero-order valence-electron chi connectivity index (χ0n) is 12.2. The van der Waals surface area contributed by atoms with Gasteiger partial charge in [-0.1, -0.05) is 18.2 Å². The second-order valence-electron chi connectivity index (χ2n) is 5.50. The number of amides is 1. The lowest BCUT2D eigenvalue weighted by Crippen LogP contribution is -2.30. The molecule has 4 nitrogen and oxygen atoms in total. The van der Waals surface area contributed by atoms with Crippen molar-refractivity contribution >= 4 is 16.8 Å². The van der Waals surface area contributed by atoms with Gasteiger partial charge in [0.25, 0.3) is 0 Å². The topological polar surface area (TPSA) is 45.2 Å². The largest absolute Gasteiger partial charge is 0.343 e. The molecule has 4 heteroatoms. The lowest BCUT2D eigenvalue weighted by Gasteiger charge is -2.15. The number of fused-ring (bicyclic) bond motifs is 1. The molecule has 1 N–H and O–H groups in total. The van der Waals surface area contributed by atoms with Crippen LogP contribution in [0.3, 0.4) is 0 Å². The molecule has 0 atom stereocenters. The molecule has 0 spiro atoms. The minimum Gasteiger partial charge on any atom is -0.343 e. The summed E-state index contributed by atoms with van der Waals surface area (Å²) in [5.74, 6) is 0.277. The average molecular weight is 283 g/mol. The fourth-order valence-electron chi connectivity index (χ4n) is 2.85. The van der Waals surface area contributed by atoms with E-state index in [0.717, 1.165) is 44.5 Å². The van der Waals surface area contributed by atoms with Gasteiger partial charge in [-0.15, -0.1) is 0 Å². The molecule has 1 aromatic heterocycles. The summed E-state index contributed by atoms with van der Waals surface area (Å²) in [6.07, 6.45) is 4.74. The summed E-state index contributed by atoms with van der Waals surface area (Å²) in [5, 5.41) is 4.55. The van der Waals surface area contributed by atoms with Crippen LogP contribution in [0.25, 0.3) is 10.9 Å². The maximum Gasteiger partial charge on any atom is 0.223 e. The van der Waals surface area contributed by atoms with E-state index in [1.807, 2.05) is 35.4 Å². The molecule has 0 unspecified atom stereocenters. The molecule has 1 saturated heterocycles. The van der Waals surface area contributed by atoms with Crippen molar-refractivity contribution in [2.24, 2.45) is 0 Å². The number of hydrogen-bond acceptors (Lipinski definition) is 3. The Bertz CT molecular complexity index is 615. The predicted octanol–water partition coefficient (Wildman–Crippen LogP) is 2.34. The maximum absolute atomic E-state index is 11.9. The number of carbonyl (C=O) groups is 1. The first-order chi connectivity index (χ1) is 10.3. The molecule has 2 aromatic rings. The third-order valence-corrected chi connectivity index (χ3v) is 4.03. The van der Waals surface area contributed by atoms with Gasteiger partial charge in [-0.3, -0.25) is 9.78 Å². The summed E-state index contributed by atoms with van der Waals surface area (Å²) in [6.45, 7) is 3.38. The molecule has 110 valence electrons. The lowest BCUT2D eigenvalue weighted by molar-refractivity contribution is -0.130. The van der Waals surface area contributed by atoms with Crippen LogP contribution in [-0.4, -0.2) is 35.4 Å². The first-order valence-electron chi connectivity index (χ1n) is 7.66. The molecule has 0 radical (unpaired) electrons. The molecule has 0 aliphatic carbocycles. The standard InChI is InChI=1S/C17H21N3O/c21-17(20-11-3-4-12-20)8-9-18-13-14-7-10-19-16-6-2-1-5-15(14)16/h1-2,5-7,10,18H,3-4,8-9,11-13H2. The van der Waals surface area contributed by atoms with Gasteiger partial charge in [0, 0.05) is 44.2 Å². The van der Waals surface area contributed by atoms with Crippen LogP contribution < -0.4 is 5.32 Å². The van der Waals surface area contributed by atoms with E-state index in [9.17, 15) is 4.79 Å². The Balaban J connectivity index is 1.51. The van der Waals surface area contributed by atoms with E-state index in [4.69, 9.17) is 0 Å². The highest BCUT2D eigenvalue weighted by atomic mass is 16.2. The number of likely N-dealkylation sites (tertiary alicyclic amines) is 1. The second kappa shape index (κ2) is 6.68. The van der Waals surface area contributed by atoms with Crippen molar-refractivity contribution in [3.8, 4) is 0 Å². The van der Waals surface area contributed by atoms with E-state index < -0.39 is 0 Å². The van der Waals surface area contributed by atoms with E-state index in [0.29, 0.717) is 6.42 Å². The number of hydrogen-bond donors (Lipinski definition) is 1. The fourth-order valence-corrected chi connectivity index (χ4v) is 2.85. The number of pyridine rings is 1. The van der Waals surface area contributed by atoms with Crippen LogP contribution in [0.15, 0.2) is 36.5 Å². The summed E-state index contributed by atoms with van der Waals surface area (Å²) in [6, 6.07) is 10.2. The molecular formula is C17H21N3O. The first-order valence-corrected chi connectivity index (χ1v) is 7.66. The van der Waals surface area contributed by atoms with E-state index >= 15 is 0 Å². The van der Waals surface area contributed by atoms with Gasteiger partial charge >= 0.3 is 0 Å². The zero-order chi connectivity index (χ0) is 14.5. The maximum atomic E-state index is 11.9. The lowest BCUT2D eigenvalue weighted by atomic mass is 10.1. The van der Waals surface area contributed by atoms with E-state index in [1.54, 1.807) is 0 Å². The summed E-state index contributed by atoms with van der Waals surface area (Å²) in [7, 11) is 0. The number of rotatable bonds is 5. The Morgan fingerprint density at radius 3 is 2.86 bits per heavy atom. The van der Waals surface area contributed by atoms with E-state index in [-0.39, 0.29) is 5.91 Å². The van der Waals surface area contributed by atoms with Crippen molar-refractivity contribution in [1.29, 1.82) is 0 Å². The molecule has 3 rings (SSSR count). The monoisotopic (exact) mass is 283 g/mol. The summed E-state index contributed by atoms with van der Waals surface area (Å²) in [5.41, 5.74) is 2.25. The Labute approximate surface area is 125 Å². The van der Waals surface area contributed by atoms with Crippen molar-refractivity contribution in [2.75, 3.05) is 19.6 Å². The summed E-state index contributed by atoms with van der Waals surface area (Å²) < 4.78 is 0. The number of aromatic nitrogens is 1.